The SMILES string of the molecule is C[C@@H]1Cc2c([nH]c3ccccc23)C(c2ccc(NC3CN(CCCF)C3)cc2OCF)N1CC(C)(F)F. The Morgan fingerprint density at radius 1 is 1.14 bits per heavy atom. The Hall–Kier alpha value is -2.78. The van der Waals surface area contributed by atoms with Crippen molar-refractivity contribution in [1.82, 2.24) is 14.8 Å². The van der Waals surface area contributed by atoms with Crippen LogP contribution in [0.4, 0.5) is 23.2 Å². The minimum Gasteiger partial charge on any atom is -0.462 e. The van der Waals surface area contributed by atoms with E-state index in [1.807, 2.05) is 43.3 Å². The fourth-order valence-electron chi connectivity index (χ4n) is 5.81. The lowest BCUT2D eigenvalue weighted by atomic mass is 9.87. The predicted molar refractivity (Wildman–Crippen MR) is 138 cm³/mol. The van der Waals surface area contributed by atoms with E-state index < -0.39 is 25.4 Å². The van der Waals surface area contributed by atoms with Gasteiger partial charge in [-0.15, -0.1) is 0 Å². The molecule has 0 saturated carbocycles. The number of aromatic amines is 1. The van der Waals surface area contributed by atoms with Crippen molar-refractivity contribution < 1.29 is 22.3 Å². The van der Waals surface area contributed by atoms with Gasteiger partial charge in [0.25, 0.3) is 5.92 Å². The molecule has 5 rings (SSSR count). The molecule has 2 aromatic carbocycles. The maximum atomic E-state index is 14.4. The van der Waals surface area contributed by atoms with Crippen LogP contribution < -0.4 is 10.1 Å². The number of nitrogens with one attached hydrogen (secondary N) is 2. The summed E-state index contributed by atoms with van der Waals surface area (Å²) in [6, 6.07) is 12.9. The van der Waals surface area contributed by atoms with Crippen LogP contribution in [0.15, 0.2) is 42.5 Å². The number of likely N-dealkylation sites (tertiary alicyclic amines) is 1. The summed E-state index contributed by atoms with van der Waals surface area (Å²) in [6.07, 6.45) is 1.16. The van der Waals surface area contributed by atoms with Gasteiger partial charge in [0.2, 0.25) is 6.86 Å². The van der Waals surface area contributed by atoms with Gasteiger partial charge < -0.3 is 15.0 Å². The molecule has 2 aliphatic rings. The molecule has 200 valence electrons. The van der Waals surface area contributed by atoms with E-state index >= 15 is 0 Å². The van der Waals surface area contributed by atoms with Gasteiger partial charge >= 0.3 is 0 Å². The van der Waals surface area contributed by atoms with Crippen molar-refractivity contribution in [3.05, 3.63) is 59.3 Å². The summed E-state index contributed by atoms with van der Waals surface area (Å²) in [6.45, 7) is 3.45. The number of ether oxygens (including phenoxy) is 1. The number of hydrogen-bond donors (Lipinski definition) is 2. The normalized spacial score (nSPS) is 21.1. The summed E-state index contributed by atoms with van der Waals surface area (Å²) in [5.74, 6) is -2.58. The van der Waals surface area contributed by atoms with E-state index in [1.165, 1.54) is 0 Å². The number of nitrogens with zero attached hydrogens (tertiary/aromatic N) is 2. The molecule has 0 spiro atoms. The molecule has 2 atom stereocenters. The van der Waals surface area contributed by atoms with Crippen LogP contribution in [-0.2, 0) is 6.42 Å². The van der Waals surface area contributed by atoms with Crippen molar-refractivity contribution in [3.63, 3.8) is 0 Å². The monoisotopic (exact) mass is 518 g/mol. The fourth-order valence-corrected chi connectivity index (χ4v) is 5.81. The minimum atomic E-state index is -2.91. The number of H-pyrrole nitrogens is 1. The van der Waals surface area contributed by atoms with Crippen LogP contribution in [0, 0.1) is 0 Å². The standard InChI is InChI=1S/C28H34F4N4O/c1-18-12-23-21-6-3-4-7-24(21)34-26(23)27(36(18)16-28(2,31)32)22-9-8-19(13-25(22)37-17-30)33-20-14-35(15-20)11-5-10-29/h3-4,6-9,13,18,20,27,33-34H,5,10-12,14-17H2,1-2H3/t18-,27?/m1/s1. The van der Waals surface area contributed by atoms with Crippen molar-refractivity contribution in [2.75, 3.05) is 45.0 Å². The molecule has 2 N–H and O–H groups in total. The van der Waals surface area contributed by atoms with E-state index in [4.69, 9.17) is 4.74 Å². The number of halogens is 4. The molecule has 0 aliphatic carbocycles. The second-order valence-corrected chi connectivity index (χ2v) is 10.4. The quantitative estimate of drug-likeness (QED) is 0.327. The second kappa shape index (κ2) is 10.5. The molecule has 5 nitrogen and oxygen atoms in total. The molecular formula is C28H34F4N4O. The first-order valence-electron chi connectivity index (χ1n) is 12.9. The van der Waals surface area contributed by atoms with Crippen LogP contribution in [0.2, 0.25) is 0 Å². The average molecular weight is 519 g/mol. The smallest absolute Gasteiger partial charge is 0.257 e. The number of alkyl halides is 4. The van der Waals surface area contributed by atoms with Gasteiger partial charge in [-0.05, 0) is 37.5 Å². The molecule has 1 unspecified atom stereocenters. The van der Waals surface area contributed by atoms with Crippen LogP contribution in [0.3, 0.4) is 0 Å². The molecule has 37 heavy (non-hydrogen) atoms. The number of benzene rings is 2. The lowest BCUT2D eigenvalue weighted by molar-refractivity contribution is -0.0370. The maximum Gasteiger partial charge on any atom is 0.257 e. The molecule has 3 heterocycles. The molecule has 1 aromatic heterocycles. The lowest BCUT2D eigenvalue weighted by Crippen LogP contribution is -2.54. The van der Waals surface area contributed by atoms with Gasteiger partial charge in [0.1, 0.15) is 5.75 Å². The molecule has 1 fully saturated rings. The van der Waals surface area contributed by atoms with Crippen LogP contribution >= 0.6 is 0 Å². The third kappa shape index (κ3) is 5.43. The molecule has 0 radical (unpaired) electrons. The lowest BCUT2D eigenvalue weighted by Gasteiger charge is -2.42. The van der Waals surface area contributed by atoms with Crippen molar-refractivity contribution in [2.45, 2.75) is 50.7 Å². The molecule has 0 bridgehead atoms. The van der Waals surface area contributed by atoms with Crippen molar-refractivity contribution in [2.24, 2.45) is 0 Å². The van der Waals surface area contributed by atoms with Gasteiger partial charge in [-0.25, -0.2) is 13.2 Å². The summed E-state index contributed by atoms with van der Waals surface area (Å²) in [4.78, 5) is 7.44. The largest absolute Gasteiger partial charge is 0.462 e. The van der Waals surface area contributed by atoms with Crippen molar-refractivity contribution in [1.29, 1.82) is 0 Å². The Morgan fingerprint density at radius 3 is 2.65 bits per heavy atom. The van der Waals surface area contributed by atoms with E-state index in [0.717, 1.165) is 54.4 Å². The van der Waals surface area contributed by atoms with Gasteiger partial charge in [0.05, 0.1) is 25.3 Å². The van der Waals surface area contributed by atoms with Crippen molar-refractivity contribution >= 4 is 16.6 Å². The molecule has 9 heteroatoms. The molecule has 3 aromatic rings. The van der Waals surface area contributed by atoms with Gasteiger partial charge in [0.15, 0.2) is 0 Å². The Balaban J connectivity index is 1.50. The maximum absolute atomic E-state index is 14.4. The Bertz CT molecular complexity index is 1220. The zero-order chi connectivity index (χ0) is 26.2. The highest BCUT2D eigenvalue weighted by Gasteiger charge is 2.41. The summed E-state index contributed by atoms with van der Waals surface area (Å²) in [7, 11) is 0. The number of aromatic nitrogens is 1. The van der Waals surface area contributed by atoms with Gasteiger partial charge in [0, 0.05) is 66.5 Å². The Kier molecular flexibility index (Phi) is 7.36. The van der Waals surface area contributed by atoms with E-state index in [-0.39, 0.29) is 18.8 Å². The van der Waals surface area contributed by atoms with Gasteiger partial charge in [-0.1, -0.05) is 24.3 Å². The summed E-state index contributed by atoms with van der Waals surface area (Å²) in [5.41, 5.74) is 4.30. The summed E-state index contributed by atoms with van der Waals surface area (Å²) < 4.78 is 60.2. The molecule has 1 saturated heterocycles. The first-order chi connectivity index (χ1) is 17.8. The van der Waals surface area contributed by atoms with Crippen LogP contribution in [0.25, 0.3) is 10.9 Å². The fraction of sp³-hybridized carbons (Fsp3) is 0.500. The highest BCUT2D eigenvalue weighted by Crippen LogP contribution is 2.45. The van der Waals surface area contributed by atoms with Crippen LogP contribution in [-0.4, -0.2) is 72.5 Å². The number of fused-ring (bicyclic) bond motifs is 3. The predicted octanol–water partition coefficient (Wildman–Crippen LogP) is 5.92. The zero-order valence-corrected chi connectivity index (χ0v) is 21.2. The Morgan fingerprint density at radius 2 is 1.92 bits per heavy atom. The highest BCUT2D eigenvalue weighted by molar-refractivity contribution is 5.85. The third-order valence-electron chi connectivity index (χ3n) is 7.43. The number of para-hydroxylation sites is 1. The van der Waals surface area contributed by atoms with Crippen LogP contribution in [0.5, 0.6) is 5.75 Å². The number of rotatable bonds is 10. The van der Waals surface area contributed by atoms with E-state index in [9.17, 15) is 17.6 Å². The summed E-state index contributed by atoms with van der Waals surface area (Å²) >= 11 is 0. The molecule has 2 aliphatic heterocycles. The van der Waals surface area contributed by atoms with Gasteiger partial charge in [-0.2, -0.15) is 0 Å². The molecular weight excluding hydrogens is 484 g/mol. The highest BCUT2D eigenvalue weighted by atomic mass is 19.3. The third-order valence-corrected chi connectivity index (χ3v) is 7.43. The second-order valence-electron chi connectivity index (χ2n) is 10.4. The van der Waals surface area contributed by atoms with E-state index in [2.05, 4.69) is 15.2 Å². The van der Waals surface area contributed by atoms with Gasteiger partial charge in [-0.3, -0.25) is 14.2 Å². The van der Waals surface area contributed by atoms with Crippen LogP contribution in [0.1, 0.15) is 43.1 Å². The number of hydrogen-bond acceptors (Lipinski definition) is 4. The number of anilines is 1. The van der Waals surface area contributed by atoms with E-state index in [0.29, 0.717) is 24.2 Å². The van der Waals surface area contributed by atoms with E-state index in [1.54, 1.807) is 11.0 Å². The van der Waals surface area contributed by atoms with Crippen molar-refractivity contribution in [3.8, 4) is 5.75 Å². The first-order valence-corrected chi connectivity index (χ1v) is 12.9. The summed E-state index contributed by atoms with van der Waals surface area (Å²) in [5, 5.41) is 4.51. The minimum absolute atomic E-state index is 0.163. The average Bonchev–Trinajstić information content (AvgIpc) is 3.19. The molecule has 0 amide bonds. The first kappa shape index (κ1) is 25.9. The Labute approximate surface area is 214 Å². The zero-order valence-electron chi connectivity index (χ0n) is 21.2. The topological polar surface area (TPSA) is 43.5 Å².